The summed E-state index contributed by atoms with van der Waals surface area (Å²) in [6, 6.07) is 13.7. The molecule has 6 nitrogen and oxygen atoms in total. The van der Waals surface area contributed by atoms with Crippen LogP contribution in [0.3, 0.4) is 0 Å². The minimum Gasteiger partial charge on any atom is -0.334 e. The van der Waals surface area contributed by atoms with Gasteiger partial charge in [0.1, 0.15) is 11.5 Å². The van der Waals surface area contributed by atoms with Crippen LogP contribution in [0.4, 0.5) is 4.39 Å². The summed E-state index contributed by atoms with van der Waals surface area (Å²) in [6.07, 6.45) is 6.15. The summed E-state index contributed by atoms with van der Waals surface area (Å²) in [4.78, 5) is 39.2. The van der Waals surface area contributed by atoms with Crippen LogP contribution in [-0.2, 0) is 0 Å². The minimum atomic E-state index is -0.321. The molecule has 1 amide bonds. The maximum atomic E-state index is 13.2. The predicted octanol–water partition coefficient (Wildman–Crippen LogP) is 4.36. The van der Waals surface area contributed by atoms with Crippen molar-refractivity contribution in [3.8, 4) is 0 Å². The van der Waals surface area contributed by atoms with E-state index in [-0.39, 0.29) is 29.5 Å². The Kier molecular flexibility index (Phi) is 6.63. The van der Waals surface area contributed by atoms with E-state index in [2.05, 4.69) is 14.9 Å². The molecule has 3 aromatic rings. The highest BCUT2D eigenvalue weighted by atomic mass is 19.1. The van der Waals surface area contributed by atoms with E-state index in [9.17, 15) is 14.0 Å². The zero-order chi connectivity index (χ0) is 23.5. The third-order valence-corrected chi connectivity index (χ3v) is 7.17. The summed E-state index contributed by atoms with van der Waals surface area (Å²) in [5.74, 6) is -0.246. The number of aromatic nitrogens is 2. The SMILES string of the molecule is O=C(c1ccc(F)cc1)C1CCN(CCC2CCCN2C(=O)c2cnc3ccccc3n2)CC1. The van der Waals surface area contributed by atoms with Gasteiger partial charge < -0.3 is 9.80 Å². The lowest BCUT2D eigenvalue weighted by atomic mass is 9.88. The molecule has 34 heavy (non-hydrogen) atoms. The van der Waals surface area contributed by atoms with Crippen molar-refractivity contribution < 1.29 is 14.0 Å². The molecule has 2 fully saturated rings. The molecule has 0 aliphatic carbocycles. The van der Waals surface area contributed by atoms with Crippen molar-refractivity contribution in [2.24, 2.45) is 5.92 Å². The van der Waals surface area contributed by atoms with Gasteiger partial charge in [-0.15, -0.1) is 0 Å². The molecule has 0 spiro atoms. The van der Waals surface area contributed by atoms with Crippen molar-refractivity contribution in [1.29, 1.82) is 0 Å². The van der Waals surface area contributed by atoms with E-state index in [0.717, 1.165) is 69.3 Å². The third-order valence-electron chi connectivity index (χ3n) is 7.17. The average molecular weight is 461 g/mol. The van der Waals surface area contributed by atoms with E-state index in [0.29, 0.717) is 11.3 Å². The minimum absolute atomic E-state index is 0.00209. The molecule has 176 valence electrons. The van der Waals surface area contributed by atoms with Gasteiger partial charge in [0.15, 0.2) is 5.78 Å². The Hall–Kier alpha value is -3.19. The maximum absolute atomic E-state index is 13.2. The average Bonchev–Trinajstić information content (AvgIpc) is 3.36. The first kappa shape index (κ1) is 22.6. The van der Waals surface area contributed by atoms with Crippen molar-refractivity contribution >= 4 is 22.7 Å². The van der Waals surface area contributed by atoms with E-state index in [1.807, 2.05) is 29.2 Å². The molecule has 2 aromatic carbocycles. The number of benzene rings is 2. The molecule has 0 N–H and O–H groups in total. The molecule has 0 bridgehead atoms. The number of nitrogens with zero attached hydrogens (tertiary/aromatic N) is 4. The zero-order valence-corrected chi connectivity index (χ0v) is 19.2. The van der Waals surface area contributed by atoms with Gasteiger partial charge in [-0.3, -0.25) is 14.6 Å². The molecule has 2 aliphatic heterocycles. The van der Waals surface area contributed by atoms with E-state index in [1.165, 1.54) is 12.1 Å². The molecule has 0 saturated carbocycles. The van der Waals surface area contributed by atoms with Crippen LogP contribution in [0.2, 0.25) is 0 Å². The van der Waals surface area contributed by atoms with Crippen molar-refractivity contribution in [2.75, 3.05) is 26.2 Å². The number of para-hydroxylation sites is 2. The van der Waals surface area contributed by atoms with Gasteiger partial charge in [-0.2, -0.15) is 0 Å². The molecule has 7 heteroatoms. The number of amides is 1. The number of Topliss-reactive ketones (excluding diaryl/α,β-unsaturated/α-hetero) is 1. The number of rotatable bonds is 6. The van der Waals surface area contributed by atoms with Gasteiger partial charge in [-0.25, -0.2) is 9.37 Å². The molecule has 3 heterocycles. The van der Waals surface area contributed by atoms with Gasteiger partial charge in [0.25, 0.3) is 5.91 Å². The van der Waals surface area contributed by atoms with Gasteiger partial charge >= 0.3 is 0 Å². The first-order valence-electron chi connectivity index (χ1n) is 12.1. The number of halogens is 1. The monoisotopic (exact) mass is 460 g/mol. The van der Waals surface area contributed by atoms with Crippen LogP contribution in [0.15, 0.2) is 54.7 Å². The number of hydrogen-bond acceptors (Lipinski definition) is 5. The van der Waals surface area contributed by atoms with Crippen LogP contribution in [0.5, 0.6) is 0 Å². The summed E-state index contributed by atoms with van der Waals surface area (Å²) < 4.78 is 13.1. The first-order chi connectivity index (χ1) is 16.6. The standard InChI is InChI=1S/C27H29FN4O2/c28-21-9-7-19(8-10-21)26(33)20-11-15-31(16-12-20)17-13-22-4-3-14-32(22)27(34)25-18-29-23-5-1-2-6-24(23)30-25/h1-2,5-10,18,20,22H,3-4,11-17H2. The Morgan fingerprint density at radius 2 is 1.68 bits per heavy atom. The highest BCUT2D eigenvalue weighted by Gasteiger charge is 2.31. The van der Waals surface area contributed by atoms with Crippen LogP contribution in [0.1, 0.15) is 53.0 Å². The summed E-state index contributed by atoms with van der Waals surface area (Å²) in [6.45, 7) is 3.41. The van der Waals surface area contributed by atoms with Crippen LogP contribution in [-0.4, -0.2) is 63.7 Å². The fourth-order valence-corrected chi connectivity index (χ4v) is 5.21. The number of ketones is 1. The molecule has 0 radical (unpaired) electrons. The molecule has 1 atom stereocenters. The van der Waals surface area contributed by atoms with Crippen LogP contribution in [0, 0.1) is 11.7 Å². The van der Waals surface area contributed by atoms with Gasteiger partial charge in [-0.1, -0.05) is 12.1 Å². The first-order valence-corrected chi connectivity index (χ1v) is 12.1. The second-order valence-electron chi connectivity index (χ2n) is 9.31. The van der Waals surface area contributed by atoms with Crippen molar-refractivity contribution in [1.82, 2.24) is 19.8 Å². The zero-order valence-electron chi connectivity index (χ0n) is 19.2. The Morgan fingerprint density at radius 1 is 0.941 bits per heavy atom. The third kappa shape index (κ3) is 4.85. The van der Waals surface area contributed by atoms with Crippen molar-refractivity contribution in [3.05, 3.63) is 71.8 Å². The molecule has 2 aliphatic rings. The number of hydrogen-bond donors (Lipinski definition) is 0. The topological polar surface area (TPSA) is 66.4 Å². The molecular weight excluding hydrogens is 431 g/mol. The summed E-state index contributed by atoms with van der Waals surface area (Å²) in [7, 11) is 0. The van der Waals surface area contributed by atoms with Crippen molar-refractivity contribution in [3.63, 3.8) is 0 Å². The maximum Gasteiger partial charge on any atom is 0.274 e. The Bertz CT molecular complexity index is 1170. The van der Waals surface area contributed by atoms with E-state index < -0.39 is 0 Å². The van der Waals surface area contributed by atoms with E-state index in [4.69, 9.17) is 0 Å². The Morgan fingerprint density at radius 3 is 2.44 bits per heavy atom. The fourth-order valence-electron chi connectivity index (χ4n) is 5.21. The van der Waals surface area contributed by atoms with Gasteiger partial charge in [0.05, 0.1) is 17.2 Å². The van der Waals surface area contributed by atoms with Gasteiger partial charge in [0, 0.05) is 30.6 Å². The van der Waals surface area contributed by atoms with Crippen LogP contribution < -0.4 is 0 Å². The number of piperidine rings is 1. The number of carbonyl (C=O) groups excluding carboxylic acids is 2. The Balaban J connectivity index is 1.14. The largest absolute Gasteiger partial charge is 0.334 e. The molecule has 2 saturated heterocycles. The lowest BCUT2D eigenvalue weighted by Crippen LogP contribution is -2.41. The lowest BCUT2D eigenvalue weighted by Gasteiger charge is -2.33. The van der Waals surface area contributed by atoms with Gasteiger partial charge in [-0.05, 0) is 81.6 Å². The highest BCUT2D eigenvalue weighted by molar-refractivity contribution is 5.98. The van der Waals surface area contributed by atoms with Crippen LogP contribution >= 0.6 is 0 Å². The summed E-state index contributed by atoms with van der Waals surface area (Å²) in [5, 5.41) is 0. The van der Waals surface area contributed by atoms with Gasteiger partial charge in [0.2, 0.25) is 0 Å². The second-order valence-corrected chi connectivity index (χ2v) is 9.31. The van der Waals surface area contributed by atoms with E-state index >= 15 is 0 Å². The molecule has 1 aromatic heterocycles. The molecular formula is C27H29FN4O2. The van der Waals surface area contributed by atoms with Crippen LogP contribution in [0.25, 0.3) is 11.0 Å². The Labute approximate surface area is 198 Å². The smallest absolute Gasteiger partial charge is 0.274 e. The predicted molar refractivity (Wildman–Crippen MR) is 128 cm³/mol. The number of carbonyl (C=O) groups is 2. The molecule has 5 rings (SSSR count). The molecule has 1 unspecified atom stereocenters. The highest BCUT2D eigenvalue weighted by Crippen LogP contribution is 2.26. The quantitative estimate of drug-likeness (QED) is 0.512. The number of likely N-dealkylation sites (tertiary alicyclic amines) is 2. The second kappa shape index (κ2) is 9.97. The number of fused-ring (bicyclic) bond motifs is 1. The lowest BCUT2D eigenvalue weighted by molar-refractivity contribution is 0.0699. The van der Waals surface area contributed by atoms with E-state index in [1.54, 1.807) is 18.3 Å². The van der Waals surface area contributed by atoms with Crippen molar-refractivity contribution in [2.45, 2.75) is 38.1 Å². The summed E-state index contributed by atoms with van der Waals surface area (Å²) in [5.41, 5.74) is 2.53. The normalized spacial score (nSPS) is 19.6. The summed E-state index contributed by atoms with van der Waals surface area (Å²) >= 11 is 0. The fraction of sp³-hybridized carbons (Fsp3) is 0.407.